The molecule has 2 aromatic rings. The molecule has 19 heavy (non-hydrogen) atoms. The van der Waals surface area contributed by atoms with Crippen molar-refractivity contribution >= 4 is 11.6 Å². The van der Waals surface area contributed by atoms with Crippen LogP contribution in [0.1, 0.15) is 30.0 Å². The van der Waals surface area contributed by atoms with E-state index in [0.717, 1.165) is 24.7 Å². The van der Waals surface area contributed by atoms with E-state index < -0.39 is 0 Å². The number of halogens is 1. The van der Waals surface area contributed by atoms with Crippen LogP contribution in [0.4, 0.5) is 0 Å². The van der Waals surface area contributed by atoms with Gasteiger partial charge in [-0.1, -0.05) is 23.7 Å². The molecule has 0 saturated carbocycles. The molecule has 4 heteroatoms. The first-order valence-electron chi connectivity index (χ1n) is 6.78. The largest absolute Gasteiger partial charge is 0.330 e. The molecule has 1 aliphatic rings. The highest BCUT2D eigenvalue weighted by molar-refractivity contribution is 6.30. The van der Waals surface area contributed by atoms with Gasteiger partial charge in [-0.15, -0.1) is 0 Å². The fourth-order valence-electron chi connectivity index (χ4n) is 2.71. The molecular formula is C15H18ClN3. The SMILES string of the molecule is Clc1ccc(Cn2cncc2C2CCNCC2)cc1. The molecule has 2 heterocycles. The number of aromatic nitrogens is 2. The van der Waals surface area contributed by atoms with Crippen molar-refractivity contribution in [3.8, 4) is 0 Å². The third-order valence-electron chi connectivity index (χ3n) is 3.77. The molecule has 1 aliphatic heterocycles. The number of nitrogens with zero attached hydrogens (tertiary/aromatic N) is 2. The summed E-state index contributed by atoms with van der Waals surface area (Å²) in [6.07, 6.45) is 6.36. The molecule has 3 rings (SSSR count). The Hall–Kier alpha value is -1.32. The van der Waals surface area contributed by atoms with E-state index in [1.165, 1.54) is 24.1 Å². The number of hydrogen-bond donors (Lipinski definition) is 1. The predicted molar refractivity (Wildman–Crippen MR) is 77.6 cm³/mol. The zero-order valence-corrected chi connectivity index (χ0v) is 11.6. The Bertz CT molecular complexity index is 527. The first kappa shape index (κ1) is 12.7. The van der Waals surface area contributed by atoms with Crippen molar-refractivity contribution in [1.29, 1.82) is 0 Å². The molecule has 0 aliphatic carbocycles. The zero-order chi connectivity index (χ0) is 13.1. The minimum atomic E-state index is 0.635. The number of imidazole rings is 1. The summed E-state index contributed by atoms with van der Waals surface area (Å²) in [4.78, 5) is 4.33. The molecule has 0 atom stereocenters. The van der Waals surface area contributed by atoms with E-state index in [4.69, 9.17) is 11.6 Å². The van der Waals surface area contributed by atoms with Gasteiger partial charge in [0.05, 0.1) is 6.33 Å². The molecule has 1 fully saturated rings. The van der Waals surface area contributed by atoms with Gasteiger partial charge in [-0.05, 0) is 43.6 Å². The summed E-state index contributed by atoms with van der Waals surface area (Å²) in [5.41, 5.74) is 2.62. The van der Waals surface area contributed by atoms with Crippen molar-refractivity contribution in [1.82, 2.24) is 14.9 Å². The van der Waals surface area contributed by atoms with Crippen molar-refractivity contribution < 1.29 is 0 Å². The van der Waals surface area contributed by atoms with Crippen LogP contribution in [0, 0.1) is 0 Å². The highest BCUT2D eigenvalue weighted by Gasteiger charge is 2.18. The summed E-state index contributed by atoms with van der Waals surface area (Å²) in [7, 11) is 0. The molecule has 0 unspecified atom stereocenters. The van der Waals surface area contributed by atoms with Crippen LogP contribution in [-0.2, 0) is 6.54 Å². The van der Waals surface area contributed by atoms with E-state index in [1.54, 1.807) is 0 Å². The lowest BCUT2D eigenvalue weighted by Crippen LogP contribution is -2.27. The summed E-state index contributed by atoms with van der Waals surface area (Å²) in [5, 5.41) is 4.19. The Kier molecular flexibility index (Phi) is 3.85. The fraction of sp³-hybridized carbons (Fsp3) is 0.400. The number of rotatable bonds is 3. The maximum Gasteiger partial charge on any atom is 0.0951 e. The minimum absolute atomic E-state index is 0.635. The molecule has 1 aromatic heterocycles. The van der Waals surface area contributed by atoms with Gasteiger partial charge in [0.1, 0.15) is 0 Å². The molecule has 0 amide bonds. The van der Waals surface area contributed by atoms with Crippen LogP contribution in [0.25, 0.3) is 0 Å². The van der Waals surface area contributed by atoms with Crippen LogP contribution in [0.3, 0.4) is 0 Å². The number of hydrogen-bond acceptors (Lipinski definition) is 2. The molecule has 0 spiro atoms. The maximum atomic E-state index is 5.92. The van der Waals surface area contributed by atoms with Crippen LogP contribution in [0.2, 0.25) is 5.02 Å². The van der Waals surface area contributed by atoms with E-state index in [-0.39, 0.29) is 0 Å². The van der Waals surface area contributed by atoms with E-state index >= 15 is 0 Å². The monoisotopic (exact) mass is 275 g/mol. The molecule has 0 radical (unpaired) electrons. The lowest BCUT2D eigenvalue weighted by molar-refractivity contribution is 0.442. The lowest BCUT2D eigenvalue weighted by Gasteiger charge is -2.23. The van der Waals surface area contributed by atoms with Crippen LogP contribution < -0.4 is 5.32 Å². The smallest absolute Gasteiger partial charge is 0.0951 e. The quantitative estimate of drug-likeness (QED) is 0.933. The summed E-state index contributed by atoms with van der Waals surface area (Å²) in [5.74, 6) is 0.635. The molecule has 1 saturated heterocycles. The Morgan fingerprint density at radius 2 is 1.95 bits per heavy atom. The van der Waals surface area contributed by atoms with Gasteiger partial charge in [0, 0.05) is 29.4 Å². The normalized spacial score (nSPS) is 16.7. The topological polar surface area (TPSA) is 29.9 Å². The van der Waals surface area contributed by atoms with Crippen molar-refractivity contribution in [2.45, 2.75) is 25.3 Å². The fourth-order valence-corrected chi connectivity index (χ4v) is 2.83. The van der Waals surface area contributed by atoms with Gasteiger partial charge in [-0.25, -0.2) is 4.98 Å². The van der Waals surface area contributed by atoms with Gasteiger partial charge < -0.3 is 9.88 Å². The molecule has 1 aromatic carbocycles. The predicted octanol–water partition coefficient (Wildman–Crippen LogP) is 3.05. The van der Waals surface area contributed by atoms with Crippen molar-refractivity contribution in [3.05, 3.63) is 53.1 Å². The molecule has 3 nitrogen and oxygen atoms in total. The van der Waals surface area contributed by atoms with E-state index in [1.807, 2.05) is 24.7 Å². The van der Waals surface area contributed by atoms with Gasteiger partial charge in [0.2, 0.25) is 0 Å². The Morgan fingerprint density at radius 3 is 2.68 bits per heavy atom. The molecule has 0 bridgehead atoms. The van der Waals surface area contributed by atoms with Crippen LogP contribution in [-0.4, -0.2) is 22.6 Å². The number of benzene rings is 1. The standard InChI is InChI=1S/C15H18ClN3/c16-14-3-1-12(2-4-14)10-19-11-18-9-15(19)13-5-7-17-8-6-13/h1-4,9,11,13,17H,5-8,10H2. The number of nitrogens with one attached hydrogen (secondary N) is 1. The van der Waals surface area contributed by atoms with Crippen molar-refractivity contribution in [2.24, 2.45) is 0 Å². The van der Waals surface area contributed by atoms with Gasteiger partial charge in [0.25, 0.3) is 0 Å². The lowest BCUT2D eigenvalue weighted by atomic mass is 9.95. The van der Waals surface area contributed by atoms with E-state index in [2.05, 4.69) is 27.0 Å². The van der Waals surface area contributed by atoms with Crippen LogP contribution in [0.5, 0.6) is 0 Å². The molecule has 1 N–H and O–H groups in total. The molecular weight excluding hydrogens is 258 g/mol. The first-order valence-corrected chi connectivity index (χ1v) is 7.16. The number of piperidine rings is 1. The average Bonchev–Trinajstić information content (AvgIpc) is 2.90. The Morgan fingerprint density at radius 1 is 1.21 bits per heavy atom. The van der Waals surface area contributed by atoms with Crippen molar-refractivity contribution in [3.63, 3.8) is 0 Å². The van der Waals surface area contributed by atoms with Crippen LogP contribution in [0.15, 0.2) is 36.8 Å². The van der Waals surface area contributed by atoms with Crippen molar-refractivity contribution in [2.75, 3.05) is 13.1 Å². The maximum absolute atomic E-state index is 5.92. The molecule has 100 valence electrons. The second kappa shape index (κ2) is 5.76. The van der Waals surface area contributed by atoms with Gasteiger partial charge in [-0.3, -0.25) is 0 Å². The van der Waals surface area contributed by atoms with Gasteiger partial charge in [0.15, 0.2) is 0 Å². The highest BCUT2D eigenvalue weighted by Crippen LogP contribution is 2.25. The Labute approximate surface area is 118 Å². The first-order chi connectivity index (χ1) is 9.33. The summed E-state index contributed by atoms with van der Waals surface area (Å²) >= 11 is 5.92. The summed E-state index contributed by atoms with van der Waals surface area (Å²) < 4.78 is 2.26. The van der Waals surface area contributed by atoms with Gasteiger partial charge >= 0.3 is 0 Å². The summed E-state index contributed by atoms with van der Waals surface area (Å²) in [6.45, 7) is 3.09. The third-order valence-corrected chi connectivity index (χ3v) is 4.02. The average molecular weight is 276 g/mol. The highest BCUT2D eigenvalue weighted by atomic mass is 35.5. The van der Waals surface area contributed by atoms with E-state index in [0.29, 0.717) is 5.92 Å². The third kappa shape index (κ3) is 2.99. The zero-order valence-electron chi connectivity index (χ0n) is 10.8. The minimum Gasteiger partial charge on any atom is -0.330 e. The Balaban J connectivity index is 1.77. The second-order valence-electron chi connectivity index (χ2n) is 5.10. The summed E-state index contributed by atoms with van der Waals surface area (Å²) in [6, 6.07) is 8.04. The van der Waals surface area contributed by atoms with Gasteiger partial charge in [-0.2, -0.15) is 0 Å². The second-order valence-corrected chi connectivity index (χ2v) is 5.53. The van der Waals surface area contributed by atoms with E-state index in [9.17, 15) is 0 Å². The van der Waals surface area contributed by atoms with Crippen LogP contribution >= 0.6 is 11.6 Å².